The summed E-state index contributed by atoms with van der Waals surface area (Å²) in [4.78, 5) is 34.2. The van der Waals surface area contributed by atoms with Crippen LogP contribution in [0.2, 0.25) is 5.02 Å². The number of nitrogens with one attached hydrogen (secondary N) is 1. The lowest BCUT2D eigenvalue weighted by Crippen LogP contribution is -2.17. The van der Waals surface area contributed by atoms with Gasteiger partial charge in [0.15, 0.2) is 11.5 Å². The molecule has 5 aromatic rings. The van der Waals surface area contributed by atoms with Gasteiger partial charge in [0.1, 0.15) is 0 Å². The number of halogens is 1. The number of hydrazone groups is 1. The molecule has 13 heteroatoms. The number of non-ortho nitro benzene ring substituents is 1. The number of amides is 1. The Hall–Kier alpha value is -5.75. The molecule has 0 radical (unpaired) electrons. The van der Waals surface area contributed by atoms with Crippen molar-refractivity contribution < 1.29 is 24.1 Å². The number of carbonyl (C=O) groups is 1. The van der Waals surface area contributed by atoms with Crippen molar-refractivity contribution in [2.24, 2.45) is 5.10 Å². The van der Waals surface area contributed by atoms with Gasteiger partial charge in [-0.05, 0) is 54.4 Å². The SMILES string of the molecule is CCOc1cc(C=NNC(=O)c2cn(Cc3ccccc3Cl)c3ccccc23)ccc1Oc1ccc([N+](=O)[O-])cc1[N+](=O)[O-]. The number of benzene rings is 4. The van der Waals surface area contributed by atoms with Gasteiger partial charge in [0.2, 0.25) is 5.75 Å². The van der Waals surface area contributed by atoms with Crippen LogP contribution in [0.4, 0.5) is 11.4 Å². The average Bonchev–Trinajstić information content (AvgIpc) is 3.38. The Balaban J connectivity index is 1.34. The number of aromatic nitrogens is 1. The van der Waals surface area contributed by atoms with E-state index >= 15 is 0 Å². The van der Waals surface area contributed by atoms with E-state index in [1.807, 2.05) is 53.1 Å². The molecule has 0 bridgehead atoms. The van der Waals surface area contributed by atoms with Gasteiger partial charge >= 0.3 is 5.69 Å². The minimum Gasteiger partial charge on any atom is -0.490 e. The molecule has 12 nitrogen and oxygen atoms in total. The number of fused-ring (bicyclic) bond motifs is 1. The molecule has 222 valence electrons. The van der Waals surface area contributed by atoms with Crippen molar-refractivity contribution in [1.82, 2.24) is 9.99 Å². The van der Waals surface area contributed by atoms with E-state index in [0.717, 1.165) is 34.7 Å². The van der Waals surface area contributed by atoms with Crippen LogP contribution in [0.3, 0.4) is 0 Å². The Morgan fingerprint density at radius 3 is 2.45 bits per heavy atom. The molecule has 0 aliphatic heterocycles. The lowest BCUT2D eigenvalue weighted by molar-refractivity contribution is -0.394. The fraction of sp³-hybridized carbons (Fsp3) is 0.0968. The van der Waals surface area contributed by atoms with Crippen molar-refractivity contribution in [3.05, 3.63) is 133 Å². The summed E-state index contributed by atoms with van der Waals surface area (Å²) >= 11 is 6.36. The molecular weight excluding hydrogens is 590 g/mol. The van der Waals surface area contributed by atoms with E-state index in [1.54, 1.807) is 25.3 Å². The van der Waals surface area contributed by atoms with Crippen molar-refractivity contribution in [2.75, 3.05) is 6.61 Å². The molecule has 44 heavy (non-hydrogen) atoms. The van der Waals surface area contributed by atoms with Crippen LogP contribution in [0.15, 0.2) is 96.2 Å². The topological polar surface area (TPSA) is 151 Å². The van der Waals surface area contributed by atoms with Crippen LogP contribution in [-0.4, -0.2) is 33.1 Å². The Labute approximate surface area is 255 Å². The van der Waals surface area contributed by atoms with Crippen LogP contribution in [0.1, 0.15) is 28.4 Å². The summed E-state index contributed by atoms with van der Waals surface area (Å²) in [6, 6.07) is 22.9. The first-order valence-corrected chi connectivity index (χ1v) is 13.6. The largest absolute Gasteiger partial charge is 0.490 e. The number of hydrogen-bond acceptors (Lipinski definition) is 8. The molecule has 0 unspecified atom stereocenters. The quantitative estimate of drug-likeness (QED) is 0.0946. The normalized spacial score (nSPS) is 11.0. The first-order chi connectivity index (χ1) is 21.2. The van der Waals surface area contributed by atoms with Crippen LogP contribution in [-0.2, 0) is 6.54 Å². The van der Waals surface area contributed by atoms with Crippen LogP contribution in [0.25, 0.3) is 10.9 Å². The van der Waals surface area contributed by atoms with E-state index in [0.29, 0.717) is 22.7 Å². The summed E-state index contributed by atoms with van der Waals surface area (Å²) in [6.45, 7) is 2.49. The van der Waals surface area contributed by atoms with Crippen molar-refractivity contribution in [3.63, 3.8) is 0 Å². The van der Waals surface area contributed by atoms with E-state index in [-0.39, 0.29) is 23.9 Å². The van der Waals surface area contributed by atoms with Gasteiger partial charge in [0, 0.05) is 34.7 Å². The fourth-order valence-electron chi connectivity index (χ4n) is 4.52. The summed E-state index contributed by atoms with van der Waals surface area (Å²) in [5.74, 6) is -0.204. The number of nitrogens with zero attached hydrogens (tertiary/aromatic N) is 4. The predicted molar refractivity (Wildman–Crippen MR) is 165 cm³/mol. The van der Waals surface area contributed by atoms with Crippen LogP contribution >= 0.6 is 11.6 Å². The minimum atomic E-state index is -0.763. The molecule has 1 heterocycles. The third-order valence-corrected chi connectivity index (χ3v) is 6.92. The van der Waals surface area contributed by atoms with Crippen molar-refractivity contribution >= 4 is 46.0 Å². The predicted octanol–water partition coefficient (Wildman–Crippen LogP) is 7.11. The maximum Gasteiger partial charge on any atom is 0.318 e. The zero-order chi connectivity index (χ0) is 31.2. The molecular formula is C31H24ClN5O7. The minimum absolute atomic E-state index is 0.149. The zero-order valence-corrected chi connectivity index (χ0v) is 23.9. The summed E-state index contributed by atoms with van der Waals surface area (Å²) in [5.41, 5.74) is 4.32. The molecule has 0 fully saturated rings. The molecule has 1 amide bonds. The smallest absolute Gasteiger partial charge is 0.318 e. The van der Waals surface area contributed by atoms with Gasteiger partial charge < -0.3 is 14.0 Å². The molecule has 5 rings (SSSR count). The number of carbonyl (C=O) groups excluding carboxylic acids is 1. The van der Waals surface area contributed by atoms with Crippen LogP contribution in [0, 0.1) is 20.2 Å². The Bertz CT molecular complexity index is 1920. The monoisotopic (exact) mass is 613 g/mol. The van der Waals surface area contributed by atoms with Gasteiger partial charge in [0.25, 0.3) is 11.6 Å². The summed E-state index contributed by atoms with van der Waals surface area (Å²) in [7, 11) is 0. The number of rotatable bonds is 11. The summed E-state index contributed by atoms with van der Waals surface area (Å²) < 4.78 is 13.3. The highest BCUT2D eigenvalue weighted by atomic mass is 35.5. The molecule has 0 spiro atoms. The Morgan fingerprint density at radius 1 is 0.955 bits per heavy atom. The molecule has 0 saturated carbocycles. The average molecular weight is 614 g/mol. The van der Waals surface area contributed by atoms with Gasteiger partial charge in [-0.15, -0.1) is 0 Å². The van der Waals surface area contributed by atoms with Crippen molar-refractivity contribution in [3.8, 4) is 17.2 Å². The van der Waals surface area contributed by atoms with Gasteiger partial charge in [-0.2, -0.15) is 5.10 Å². The summed E-state index contributed by atoms with van der Waals surface area (Å²) in [6.07, 6.45) is 3.18. The molecule has 0 atom stereocenters. The lowest BCUT2D eigenvalue weighted by Gasteiger charge is -2.12. The zero-order valence-electron chi connectivity index (χ0n) is 23.2. The third kappa shape index (κ3) is 6.50. The Morgan fingerprint density at radius 2 is 1.70 bits per heavy atom. The van der Waals surface area contributed by atoms with Crippen molar-refractivity contribution in [2.45, 2.75) is 13.5 Å². The van der Waals surface area contributed by atoms with E-state index in [4.69, 9.17) is 21.1 Å². The highest BCUT2D eigenvalue weighted by Crippen LogP contribution is 2.38. The molecule has 1 N–H and O–H groups in total. The second kappa shape index (κ2) is 13.0. The molecule has 0 aliphatic rings. The van der Waals surface area contributed by atoms with Crippen LogP contribution < -0.4 is 14.9 Å². The second-order valence-electron chi connectivity index (χ2n) is 9.39. The van der Waals surface area contributed by atoms with Gasteiger partial charge in [0.05, 0.1) is 34.3 Å². The molecule has 4 aromatic carbocycles. The number of nitro benzene ring substituents is 2. The van der Waals surface area contributed by atoms with E-state index in [9.17, 15) is 25.0 Å². The van der Waals surface area contributed by atoms with E-state index < -0.39 is 27.1 Å². The Kier molecular flexibility index (Phi) is 8.82. The standard InChI is InChI=1S/C31H24ClN5O7/c1-2-43-30-15-20(11-13-29(30)44-28-14-12-22(36(39)40)16-27(28)37(41)42)17-33-34-31(38)24-19-35(26-10-6-4-8-23(24)26)18-21-7-3-5-9-25(21)32/h3-17,19H,2,18H2,1H3,(H,34,38). The number of para-hydroxylation sites is 1. The van der Waals surface area contributed by atoms with Gasteiger partial charge in [-0.1, -0.05) is 48.0 Å². The van der Waals surface area contributed by atoms with Crippen molar-refractivity contribution in [1.29, 1.82) is 0 Å². The molecule has 0 saturated heterocycles. The highest BCUT2D eigenvalue weighted by Gasteiger charge is 2.22. The molecule has 0 aliphatic carbocycles. The number of hydrogen-bond donors (Lipinski definition) is 1. The third-order valence-electron chi connectivity index (χ3n) is 6.55. The number of ether oxygens (including phenoxy) is 2. The van der Waals surface area contributed by atoms with E-state index in [2.05, 4.69) is 10.5 Å². The highest BCUT2D eigenvalue weighted by molar-refractivity contribution is 6.31. The fourth-order valence-corrected chi connectivity index (χ4v) is 4.71. The number of nitro groups is 2. The maximum atomic E-state index is 13.2. The van der Waals surface area contributed by atoms with Gasteiger partial charge in [-0.3, -0.25) is 25.0 Å². The van der Waals surface area contributed by atoms with Gasteiger partial charge in [-0.25, -0.2) is 5.43 Å². The first kappa shape index (κ1) is 29.7. The maximum absolute atomic E-state index is 13.2. The first-order valence-electron chi connectivity index (χ1n) is 13.3. The van der Waals surface area contributed by atoms with E-state index in [1.165, 1.54) is 12.3 Å². The lowest BCUT2D eigenvalue weighted by atomic mass is 10.1. The summed E-state index contributed by atoms with van der Waals surface area (Å²) in [5, 5.41) is 28.1. The molecule has 1 aromatic heterocycles. The second-order valence-corrected chi connectivity index (χ2v) is 9.79. The van der Waals surface area contributed by atoms with Crippen LogP contribution in [0.5, 0.6) is 17.2 Å².